The van der Waals surface area contributed by atoms with E-state index < -0.39 is 29.3 Å². The lowest BCUT2D eigenvalue weighted by molar-refractivity contribution is -0.137. The van der Waals surface area contributed by atoms with Crippen LogP contribution in [0.3, 0.4) is 0 Å². The highest BCUT2D eigenvalue weighted by molar-refractivity contribution is 6.20. The second kappa shape index (κ2) is 11.8. The van der Waals surface area contributed by atoms with Crippen molar-refractivity contribution in [3.8, 4) is 16.9 Å². The van der Waals surface area contributed by atoms with E-state index >= 15 is 4.39 Å². The van der Waals surface area contributed by atoms with E-state index in [9.17, 15) is 27.2 Å². The summed E-state index contributed by atoms with van der Waals surface area (Å²) in [5, 5.41) is 0.269. The molecule has 1 fully saturated rings. The SMILES string of the molecule is COC(=O)c1ccc2c(C(=O)c3ccc(OCCN4CC(CF)C4)cc3)c(-c3ccc(C(F)(F)F)cc3F)cnc2c1. The Labute approximate surface area is 237 Å². The number of carbonyl (C=O) groups is 2. The molecule has 1 saturated heterocycles. The first-order valence-electron chi connectivity index (χ1n) is 13.0. The highest BCUT2D eigenvalue weighted by Gasteiger charge is 2.32. The largest absolute Gasteiger partial charge is 0.492 e. The first kappa shape index (κ1) is 29.1. The van der Waals surface area contributed by atoms with Gasteiger partial charge in [0.15, 0.2) is 5.78 Å². The number of alkyl halides is 4. The van der Waals surface area contributed by atoms with Crippen molar-refractivity contribution in [3.05, 3.63) is 94.9 Å². The minimum atomic E-state index is -4.75. The van der Waals surface area contributed by atoms with Crippen molar-refractivity contribution in [1.29, 1.82) is 0 Å². The summed E-state index contributed by atoms with van der Waals surface area (Å²) in [6, 6.07) is 12.6. The van der Waals surface area contributed by atoms with E-state index in [1.807, 2.05) is 0 Å². The first-order chi connectivity index (χ1) is 20.1. The zero-order valence-corrected chi connectivity index (χ0v) is 22.4. The van der Waals surface area contributed by atoms with Gasteiger partial charge in [-0.05, 0) is 48.5 Å². The lowest BCUT2D eigenvalue weighted by Crippen LogP contribution is -2.49. The van der Waals surface area contributed by atoms with E-state index in [0.29, 0.717) is 38.1 Å². The van der Waals surface area contributed by atoms with E-state index in [0.717, 1.165) is 12.1 Å². The Morgan fingerprint density at radius 1 is 0.976 bits per heavy atom. The number of ether oxygens (including phenoxy) is 2. The molecule has 6 nitrogen and oxygen atoms in total. The fourth-order valence-electron chi connectivity index (χ4n) is 4.89. The average Bonchev–Trinajstić information content (AvgIpc) is 2.96. The van der Waals surface area contributed by atoms with Crippen molar-refractivity contribution >= 4 is 22.7 Å². The van der Waals surface area contributed by atoms with Gasteiger partial charge in [0, 0.05) is 59.4 Å². The third kappa shape index (κ3) is 5.96. The summed E-state index contributed by atoms with van der Waals surface area (Å²) in [7, 11) is 1.21. The average molecular weight is 585 g/mol. The molecule has 1 aromatic heterocycles. The molecular formula is C31H25F5N2O4. The van der Waals surface area contributed by atoms with Gasteiger partial charge in [0.05, 0.1) is 30.4 Å². The number of hydrogen-bond acceptors (Lipinski definition) is 6. The molecule has 2 heterocycles. The molecular weight excluding hydrogens is 559 g/mol. The predicted molar refractivity (Wildman–Crippen MR) is 145 cm³/mol. The fourth-order valence-corrected chi connectivity index (χ4v) is 4.89. The monoisotopic (exact) mass is 584 g/mol. The van der Waals surface area contributed by atoms with Crippen LogP contribution in [0.2, 0.25) is 0 Å². The number of benzene rings is 3. The van der Waals surface area contributed by atoms with Crippen molar-refractivity contribution in [2.24, 2.45) is 5.92 Å². The van der Waals surface area contributed by atoms with Gasteiger partial charge in [-0.25, -0.2) is 9.18 Å². The van der Waals surface area contributed by atoms with E-state index in [4.69, 9.17) is 9.47 Å². The number of ketones is 1. The molecule has 0 saturated carbocycles. The molecule has 42 heavy (non-hydrogen) atoms. The number of carbonyl (C=O) groups excluding carboxylic acids is 2. The summed E-state index contributed by atoms with van der Waals surface area (Å²) in [6.45, 7) is 2.06. The van der Waals surface area contributed by atoms with Gasteiger partial charge in [-0.3, -0.25) is 19.1 Å². The Morgan fingerprint density at radius 3 is 2.33 bits per heavy atom. The van der Waals surface area contributed by atoms with Crippen LogP contribution in [0.15, 0.2) is 66.9 Å². The number of likely N-dealkylation sites (tertiary alicyclic amines) is 1. The van der Waals surface area contributed by atoms with Gasteiger partial charge in [-0.2, -0.15) is 13.2 Å². The zero-order chi connectivity index (χ0) is 30.0. The highest BCUT2D eigenvalue weighted by Crippen LogP contribution is 2.36. The Kier molecular flexibility index (Phi) is 8.22. The topological polar surface area (TPSA) is 68.7 Å². The normalized spacial score (nSPS) is 14.0. The number of rotatable bonds is 9. The number of nitrogens with zero attached hydrogens (tertiary/aromatic N) is 2. The minimum Gasteiger partial charge on any atom is -0.492 e. The number of fused-ring (bicyclic) bond motifs is 1. The van der Waals surface area contributed by atoms with Crippen molar-refractivity contribution < 1.29 is 41.0 Å². The molecule has 1 aliphatic heterocycles. The van der Waals surface area contributed by atoms with Gasteiger partial charge in [-0.1, -0.05) is 12.1 Å². The van der Waals surface area contributed by atoms with Crippen molar-refractivity contribution in [2.75, 3.05) is 40.0 Å². The summed E-state index contributed by atoms with van der Waals surface area (Å²) in [5.74, 6) is -1.75. The molecule has 4 aromatic rings. The van der Waals surface area contributed by atoms with Crippen LogP contribution in [0.25, 0.3) is 22.0 Å². The molecule has 0 amide bonds. The van der Waals surface area contributed by atoms with Gasteiger partial charge >= 0.3 is 12.1 Å². The highest BCUT2D eigenvalue weighted by atomic mass is 19.4. The molecule has 0 atom stereocenters. The molecule has 0 spiro atoms. The Balaban J connectivity index is 1.49. The molecule has 0 aliphatic carbocycles. The van der Waals surface area contributed by atoms with Crippen LogP contribution in [-0.4, -0.2) is 61.7 Å². The number of halogens is 5. The quantitative estimate of drug-likeness (QED) is 0.130. The Hall–Kier alpha value is -4.38. The predicted octanol–water partition coefficient (Wildman–Crippen LogP) is 6.36. The van der Waals surface area contributed by atoms with E-state index in [-0.39, 0.29) is 51.3 Å². The third-order valence-corrected chi connectivity index (χ3v) is 7.15. The second-order valence-corrected chi connectivity index (χ2v) is 9.94. The summed E-state index contributed by atoms with van der Waals surface area (Å²) in [6.07, 6.45) is -3.55. The van der Waals surface area contributed by atoms with E-state index in [2.05, 4.69) is 9.88 Å². The molecule has 3 aromatic carbocycles. The summed E-state index contributed by atoms with van der Waals surface area (Å²) >= 11 is 0. The summed E-state index contributed by atoms with van der Waals surface area (Å²) < 4.78 is 77.7. The van der Waals surface area contributed by atoms with Crippen molar-refractivity contribution in [1.82, 2.24) is 9.88 Å². The Bertz CT molecular complexity index is 1630. The summed E-state index contributed by atoms with van der Waals surface area (Å²) in [4.78, 5) is 32.3. The van der Waals surface area contributed by atoms with E-state index in [1.165, 1.54) is 43.6 Å². The smallest absolute Gasteiger partial charge is 0.416 e. The first-order valence-corrected chi connectivity index (χ1v) is 13.0. The van der Waals surface area contributed by atoms with Crippen LogP contribution < -0.4 is 4.74 Å². The van der Waals surface area contributed by atoms with E-state index in [1.54, 1.807) is 12.1 Å². The lowest BCUT2D eigenvalue weighted by atomic mass is 9.91. The lowest BCUT2D eigenvalue weighted by Gasteiger charge is -2.37. The van der Waals surface area contributed by atoms with Gasteiger partial charge in [-0.15, -0.1) is 0 Å². The van der Waals surface area contributed by atoms with Crippen LogP contribution in [0.4, 0.5) is 22.0 Å². The van der Waals surface area contributed by atoms with Gasteiger partial charge in [0.2, 0.25) is 0 Å². The van der Waals surface area contributed by atoms with Crippen molar-refractivity contribution in [3.63, 3.8) is 0 Å². The van der Waals surface area contributed by atoms with Gasteiger partial charge in [0.25, 0.3) is 0 Å². The van der Waals surface area contributed by atoms with Gasteiger partial charge in [0.1, 0.15) is 18.2 Å². The maximum Gasteiger partial charge on any atom is 0.416 e. The number of hydrogen-bond donors (Lipinski definition) is 0. The number of esters is 1. The molecule has 0 unspecified atom stereocenters. The molecule has 0 N–H and O–H groups in total. The van der Waals surface area contributed by atoms with Crippen LogP contribution in [0.5, 0.6) is 5.75 Å². The number of pyridine rings is 1. The maximum atomic E-state index is 15.1. The summed E-state index contributed by atoms with van der Waals surface area (Å²) in [5.41, 5.74) is -0.787. The Morgan fingerprint density at radius 2 is 1.69 bits per heavy atom. The van der Waals surface area contributed by atoms with Crippen LogP contribution in [0.1, 0.15) is 31.8 Å². The van der Waals surface area contributed by atoms with Crippen LogP contribution in [0, 0.1) is 11.7 Å². The molecule has 218 valence electrons. The molecule has 11 heteroatoms. The maximum absolute atomic E-state index is 15.1. The molecule has 0 radical (unpaired) electrons. The second-order valence-electron chi connectivity index (χ2n) is 9.94. The van der Waals surface area contributed by atoms with Crippen molar-refractivity contribution in [2.45, 2.75) is 6.18 Å². The number of aromatic nitrogens is 1. The molecule has 0 bridgehead atoms. The fraction of sp³-hybridized carbons (Fsp3) is 0.258. The number of methoxy groups -OCH3 is 1. The zero-order valence-electron chi connectivity index (χ0n) is 22.4. The van der Waals surface area contributed by atoms with Crippen LogP contribution >= 0.6 is 0 Å². The standard InChI is InChI=1S/C31H25F5N2O4/c1-41-30(40)20-4-8-24-27(12-20)37-15-25(23-9-5-21(13-26(23)33)31(34,35)36)28(24)29(39)19-2-6-22(7-3-19)42-11-10-38-16-18(14-32)17-38/h2-9,12-13,15,18H,10-11,14,16-17H2,1H3. The molecule has 1 aliphatic rings. The van der Waals surface area contributed by atoms with Crippen LogP contribution in [-0.2, 0) is 10.9 Å². The minimum absolute atomic E-state index is 0.00365. The molecule has 5 rings (SSSR count). The third-order valence-electron chi connectivity index (χ3n) is 7.15. The van der Waals surface area contributed by atoms with Gasteiger partial charge < -0.3 is 9.47 Å².